The number of fused-ring (bicyclic) bond motifs is 7. The topological polar surface area (TPSA) is 9.23 Å². The largest absolute Gasteiger partial charge is 0.456 e. The molecule has 0 bridgehead atoms. The molecule has 8 rings (SSSR count). The Balaban J connectivity index is 1.27. The lowest BCUT2D eigenvalue weighted by Crippen LogP contribution is -2.12. The summed E-state index contributed by atoms with van der Waals surface area (Å²) in [4.78, 5) is 0. The Morgan fingerprint density at radius 2 is 0.850 bits per heavy atom. The van der Waals surface area contributed by atoms with E-state index in [1.807, 2.05) is 0 Å². The number of hydrogen-bond donors (Lipinski definition) is 0. The van der Waals surface area contributed by atoms with Crippen LogP contribution in [0.2, 0.25) is 0 Å². The molecule has 1 aliphatic heterocycles. The molecule has 1 nitrogen and oxygen atoms in total. The third-order valence-electron chi connectivity index (χ3n) is 8.22. The van der Waals surface area contributed by atoms with E-state index in [1.54, 1.807) is 0 Å². The van der Waals surface area contributed by atoms with Gasteiger partial charge in [0.2, 0.25) is 0 Å². The number of benzene rings is 7. The number of para-hydroxylation sites is 1. The summed E-state index contributed by atoms with van der Waals surface area (Å²) >= 11 is 0. The second-order valence-electron chi connectivity index (χ2n) is 10.5. The molecule has 1 atom stereocenters. The van der Waals surface area contributed by atoms with Crippen molar-refractivity contribution >= 4 is 21.5 Å². The standard InChI is InChI=1S/C39H26O/c1-2-10-26(11-3-1)27-18-20-28(21-19-27)29-22-24-30(25-23-29)37-35-16-8-9-17-36(35)40-39-34-15-7-5-13-32(34)31-12-4-6-14-33(31)38(37)39/h1-25,37H. The van der Waals surface area contributed by atoms with Gasteiger partial charge in [-0.3, -0.25) is 0 Å². The maximum atomic E-state index is 6.69. The van der Waals surface area contributed by atoms with Crippen LogP contribution in [0, 0.1) is 0 Å². The molecule has 0 fully saturated rings. The van der Waals surface area contributed by atoms with Crippen molar-refractivity contribution in [3.8, 4) is 33.8 Å². The second kappa shape index (κ2) is 9.25. The average molecular weight is 511 g/mol. The summed E-state index contributed by atoms with van der Waals surface area (Å²) in [6.45, 7) is 0. The summed E-state index contributed by atoms with van der Waals surface area (Å²) in [7, 11) is 0. The Morgan fingerprint density at radius 1 is 0.375 bits per heavy atom. The monoisotopic (exact) mass is 510 g/mol. The maximum Gasteiger partial charge on any atom is 0.140 e. The first-order valence-electron chi connectivity index (χ1n) is 13.8. The van der Waals surface area contributed by atoms with E-state index >= 15 is 0 Å². The summed E-state index contributed by atoms with van der Waals surface area (Å²) in [6.07, 6.45) is 0. The molecule has 0 saturated heterocycles. The summed E-state index contributed by atoms with van der Waals surface area (Å²) < 4.78 is 6.69. The Labute approximate surface area is 233 Å². The highest BCUT2D eigenvalue weighted by Crippen LogP contribution is 2.53. The van der Waals surface area contributed by atoms with E-state index in [4.69, 9.17) is 4.74 Å². The van der Waals surface area contributed by atoms with E-state index in [0.29, 0.717) is 0 Å². The second-order valence-corrected chi connectivity index (χ2v) is 10.5. The van der Waals surface area contributed by atoms with Crippen LogP contribution < -0.4 is 4.74 Å². The number of ether oxygens (including phenoxy) is 1. The molecule has 1 aliphatic rings. The van der Waals surface area contributed by atoms with Crippen LogP contribution in [0.1, 0.15) is 22.6 Å². The number of rotatable bonds is 3. The van der Waals surface area contributed by atoms with E-state index in [1.165, 1.54) is 55.1 Å². The lowest BCUT2D eigenvalue weighted by Gasteiger charge is -2.31. The van der Waals surface area contributed by atoms with Crippen LogP contribution in [0.4, 0.5) is 0 Å². The van der Waals surface area contributed by atoms with Gasteiger partial charge in [0.25, 0.3) is 0 Å². The van der Waals surface area contributed by atoms with Crippen molar-refractivity contribution in [3.05, 3.63) is 168 Å². The zero-order chi connectivity index (χ0) is 26.5. The van der Waals surface area contributed by atoms with Crippen molar-refractivity contribution in [2.24, 2.45) is 0 Å². The molecule has 1 heterocycles. The molecule has 188 valence electrons. The molecule has 1 heteroatoms. The van der Waals surface area contributed by atoms with Gasteiger partial charge in [-0.2, -0.15) is 0 Å². The third kappa shape index (κ3) is 3.63. The van der Waals surface area contributed by atoms with Crippen molar-refractivity contribution in [2.75, 3.05) is 0 Å². The summed E-state index contributed by atoms with van der Waals surface area (Å²) in [6, 6.07) is 54.3. The van der Waals surface area contributed by atoms with E-state index in [9.17, 15) is 0 Å². The lowest BCUT2D eigenvalue weighted by molar-refractivity contribution is 0.460. The van der Waals surface area contributed by atoms with Crippen LogP contribution in [0.3, 0.4) is 0 Å². The normalized spacial score (nSPS) is 13.9. The predicted molar refractivity (Wildman–Crippen MR) is 166 cm³/mol. The van der Waals surface area contributed by atoms with Gasteiger partial charge < -0.3 is 4.74 Å². The van der Waals surface area contributed by atoms with Crippen LogP contribution in [0.25, 0.3) is 43.8 Å². The molecule has 0 aliphatic carbocycles. The molecule has 0 saturated carbocycles. The Hall–Kier alpha value is -5.14. The van der Waals surface area contributed by atoms with Gasteiger partial charge >= 0.3 is 0 Å². The zero-order valence-electron chi connectivity index (χ0n) is 21.9. The van der Waals surface area contributed by atoms with Crippen LogP contribution in [-0.4, -0.2) is 0 Å². The van der Waals surface area contributed by atoms with Gasteiger partial charge in [-0.1, -0.05) is 146 Å². The molecule has 0 N–H and O–H groups in total. The lowest BCUT2D eigenvalue weighted by atomic mass is 9.78. The van der Waals surface area contributed by atoms with Crippen molar-refractivity contribution in [1.82, 2.24) is 0 Å². The van der Waals surface area contributed by atoms with Crippen LogP contribution >= 0.6 is 0 Å². The van der Waals surface area contributed by atoms with Crippen molar-refractivity contribution in [2.45, 2.75) is 5.92 Å². The van der Waals surface area contributed by atoms with E-state index < -0.39 is 0 Å². The molecule has 0 radical (unpaired) electrons. The van der Waals surface area contributed by atoms with Crippen LogP contribution in [0.5, 0.6) is 11.5 Å². The maximum absolute atomic E-state index is 6.69. The summed E-state index contributed by atoms with van der Waals surface area (Å²) in [5.74, 6) is 1.98. The SMILES string of the molecule is c1ccc(-c2ccc(-c3ccc(C4c5ccccc5Oc5c4c4ccccc4c4ccccc54)cc3)cc2)cc1. The Bertz CT molecular complexity index is 2000. The molecule has 0 aromatic heterocycles. The fourth-order valence-corrected chi connectivity index (χ4v) is 6.31. The van der Waals surface area contributed by atoms with Gasteiger partial charge in [-0.15, -0.1) is 0 Å². The molecular weight excluding hydrogens is 484 g/mol. The van der Waals surface area contributed by atoms with Gasteiger partial charge in [0.05, 0.1) is 0 Å². The van der Waals surface area contributed by atoms with Gasteiger partial charge in [0.1, 0.15) is 11.5 Å². The highest BCUT2D eigenvalue weighted by Gasteiger charge is 2.32. The van der Waals surface area contributed by atoms with Crippen molar-refractivity contribution in [3.63, 3.8) is 0 Å². The first-order chi connectivity index (χ1) is 19.8. The van der Waals surface area contributed by atoms with E-state index in [-0.39, 0.29) is 5.92 Å². The molecular formula is C39H26O. The fraction of sp³-hybridized carbons (Fsp3) is 0.0256. The van der Waals surface area contributed by atoms with Crippen molar-refractivity contribution in [1.29, 1.82) is 0 Å². The summed E-state index contributed by atoms with van der Waals surface area (Å²) in [5.41, 5.74) is 8.62. The Morgan fingerprint density at radius 3 is 1.52 bits per heavy atom. The molecule has 40 heavy (non-hydrogen) atoms. The minimum Gasteiger partial charge on any atom is -0.456 e. The Kier molecular flexibility index (Phi) is 5.28. The number of hydrogen-bond acceptors (Lipinski definition) is 1. The molecule has 0 amide bonds. The predicted octanol–water partition coefficient (Wildman–Crippen LogP) is 10.6. The highest BCUT2D eigenvalue weighted by molar-refractivity contribution is 6.13. The molecule has 1 unspecified atom stereocenters. The first-order valence-corrected chi connectivity index (χ1v) is 13.8. The fourth-order valence-electron chi connectivity index (χ4n) is 6.31. The smallest absolute Gasteiger partial charge is 0.140 e. The van der Waals surface area contributed by atoms with Gasteiger partial charge in [-0.05, 0) is 50.0 Å². The highest BCUT2D eigenvalue weighted by atomic mass is 16.5. The quantitative estimate of drug-likeness (QED) is 0.215. The minimum absolute atomic E-state index is 0.0731. The van der Waals surface area contributed by atoms with Crippen molar-refractivity contribution < 1.29 is 4.74 Å². The van der Waals surface area contributed by atoms with E-state index in [2.05, 4.69) is 152 Å². The van der Waals surface area contributed by atoms with E-state index in [0.717, 1.165) is 16.9 Å². The minimum atomic E-state index is 0.0731. The molecule has 0 spiro atoms. The van der Waals surface area contributed by atoms with Gasteiger partial charge in [0, 0.05) is 22.4 Å². The first kappa shape index (κ1) is 22.8. The molecule has 7 aromatic rings. The van der Waals surface area contributed by atoms with Crippen LogP contribution in [-0.2, 0) is 0 Å². The molecule has 7 aromatic carbocycles. The van der Waals surface area contributed by atoms with Crippen LogP contribution in [0.15, 0.2) is 152 Å². The van der Waals surface area contributed by atoms with Gasteiger partial charge in [0.15, 0.2) is 0 Å². The average Bonchev–Trinajstić information content (AvgIpc) is 3.04. The third-order valence-corrected chi connectivity index (χ3v) is 8.22. The zero-order valence-corrected chi connectivity index (χ0v) is 21.9. The van der Waals surface area contributed by atoms with Gasteiger partial charge in [-0.25, -0.2) is 0 Å². The summed E-state index contributed by atoms with van der Waals surface area (Å²) in [5, 5.41) is 4.89.